The van der Waals surface area contributed by atoms with Gasteiger partial charge in [-0.15, -0.1) is 0 Å². The van der Waals surface area contributed by atoms with E-state index in [1.165, 1.54) is 25.7 Å². The molecule has 6 nitrogen and oxygen atoms in total. The minimum absolute atomic E-state index is 0.362. The highest BCUT2D eigenvalue weighted by Crippen LogP contribution is 2.40. The van der Waals surface area contributed by atoms with Gasteiger partial charge in [0.2, 0.25) is 0 Å². The number of H-pyrrole nitrogens is 1. The molecule has 0 amide bonds. The molecule has 1 saturated carbocycles. The van der Waals surface area contributed by atoms with Crippen LogP contribution in [0.3, 0.4) is 0 Å². The average molecular weight is 307 g/mol. The Morgan fingerprint density at radius 1 is 1.41 bits per heavy atom. The molecule has 1 aliphatic carbocycles. The van der Waals surface area contributed by atoms with Crippen LogP contribution in [-0.4, -0.2) is 43.0 Å². The molecule has 0 radical (unpaired) electrons. The fourth-order valence-electron chi connectivity index (χ4n) is 3.13. The predicted octanol–water partition coefficient (Wildman–Crippen LogP) is 2.06. The van der Waals surface area contributed by atoms with Crippen molar-refractivity contribution in [1.82, 2.24) is 20.8 Å². The topological polar surface area (TPSA) is 74.3 Å². The number of guanidine groups is 1. The van der Waals surface area contributed by atoms with Crippen molar-refractivity contribution in [2.45, 2.75) is 45.6 Å². The molecule has 1 aromatic rings. The third-order valence-corrected chi connectivity index (χ3v) is 4.50. The first-order valence-electron chi connectivity index (χ1n) is 8.28. The van der Waals surface area contributed by atoms with Gasteiger partial charge in [-0.2, -0.15) is 5.10 Å². The lowest BCUT2D eigenvalue weighted by atomic mass is 9.83. The summed E-state index contributed by atoms with van der Waals surface area (Å²) in [6, 6.07) is 1.96. The second-order valence-electron chi connectivity index (χ2n) is 6.02. The third-order valence-electron chi connectivity index (χ3n) is 4.50. The quantitative estimate of drug-likeness (QED) is 0.390. The second-order valence-corrected chi connectivity index (χ2v) is 6.02. The van der Waals surface area contributed by atoms with Gasteiger partial charge in [-0.1, -0.05) is 12.8 Å². The molecule has 0 aromatic carbocycles. The Hall–Kier alpha value is -1.56. The summed E-state index contributed by atoms with van der Waals surface area (Å²) in [6.07, 6.45) is 8.11. The molecule has 22 heavy (non-hydrogen) atoms. The maximum absolute atomic E-state index is 5.57. The largest absolute Gasteiger partial charge is 0.382 e. The molecular weight excluding hydrogens is 278 g/mol. The number of aliphatic imine (C=N–C) groups is 1. The highest BCUT2D eigenvalue weighted by Gasteiger charge is 2.33. The zero-order chi connectivity index (χ0) is 15.7. The normalized spacial score (nSPS) is 17.6. The van der Waals surface area contributed by atoms with Gasteiger partial charge in [0, 0.05) is 33.0 Å². The van der Waals surface area contributed by atoms with Gasteiger partial charge in [0.15, 0.2) is 5.96 Å². The lowest BCUT2D eigenvalue weighted by Crippen LogP contribution is -2.43. The first-order valence-corrected chi connectivity index (χ1v) is 8.28. The smallest absolute Gasteiger partial charge is 0.191 e. The summed E-state index contributed by atoms with van der Waals surface area (Å²) in [4.78, 5) is 4.30. The molecule has 1 aliphatic rings. The SMILES string of the molecule is CCOCCC1(CNC(=NC)NCc2ccn[nH]2)CCCC1. The van der Waals surface area contributed by atoms with Gasteiger partial charge in [0.05, 0.1) is 12.2 Å². The Kier molecular flexibility index (Phi) is 6.71. The highest BCUT2D eigenvalue weighted by atomic mass is 16.5. The number of hydrogen-bond acceptors (Lipinski definition) is 3. The molecular formula is C16H29N5O. The summed E-state index contributed by atoms with van der Waals surface area (Å²) < 4.78 is 5.57. The van der Waals surface area contributed by atoms with Crippen molar-refractivity contribution in [1.29, 1.82) is 0 Å². The zero-order valence-corrected chi connectivity index (χ0v) is 13.8. The van der Waals surface area contributed by atoms with Gasteiger partial charge < -0.3 is 15.4 Å². The van der Waals surface area contributed by atoms with Crippen molar-refractivity contribution < 1.29 is 4.74 Å². The lowest BCUT2D eigenvalue weighted by molar-refractivity contribution is 0.105. The molecule has 1 heterocycles. The standard InChI is InChI=1S/C16H29N5O/c1-3-22-11-9-16(7-4-5-8-16)13-19-15(17-2)18-12-14-6-10-20-21-14/h6,10H,3-5,7-9,11-13H2,1-2H3,(H,20,21)(H2,17,18,19). The van der Waals surface area contributed by atoms with Gasteiger partial charge in [-0.05, 0) is 37.7 Å². The van der Waals surface area contributed by atoms with E-state index in [9.17, 15) is 0 Å². The molecule has 0 atom stereocenters. The van der Waals surface area contributed by atoms with E-state index in [1.807, 2.05) is 13.1 Å². The third kappa shape index (κ3) is 5.02. The Morgan fingerprint density at radius 3 is 2.86 bits per heavy atom. The molecule has 0 unspecified atom stereocenters. The van der Waals surface area contributed by atoms with E-state index in [0.29, 0.717) is 12.0 Å². The Labute approximate surface area is 133 Å². The van der Waals surface area contributed by atoms with Crippen LogP contribution in [0.5, 0.6) is 0 Å². The van der Waals surface area contributed by atoms with E-state index >= 15 is 0 Å². The van der Waals surface area contributed by atoms with Crippen LogP contribution in [0.2, 0.25) is 0 Å². The number of nitrogens with zero attached hydrogens (tertiary/aromatic N) is 2. The van der Waals surface area contributed by atoms with Crippen LogP contribution in [0.4, 0.5) is 0 Å². The lowest BCUT2D eigenvalue weighted by Gasteiger charge is -2.30. The second kappa shape index (κ2) is 8.78. The molecule has 0 spiro atoms. The summed E-state index contributed by atoms with van der Waals surface area (Å²) >= 11 is 0. The summed E-state index contributed by atoms with van der Waals surface area (Å²) in [7, 11) is 1.81. The molecule has 0 saturated heterocycles. The Morgan fingerprint density at radius 2 is 2.23 bits per heavy atom. The molecule has 1 fully saturated rings. The minimum atomic E-state index is 0.362. The average Bonchev–Trinajstić information content (AvgIpc) is 3.20. The van der Waals surface area contributed by atoms with E-state index in [1.54, 1.807) is 6.20 Å². The summed E-state index contributed by atoms with van der Waals surface area (Å²) in [5.41, 5.74) is 1.41. The molecule has 0 aliphatic heterocycles. The van der Waals surface area contributed by atoms with Gasteiger partial charge >= 0.3 is 0 Å². The minimum Gasteiger partial charge on any atom is -0.382 e. The Bertz CT molecular complexity index is 437. The maximum atomic E-state index is 5.57. The van der Waals surface area contributed by atoms with Crippen LogP contribution >= 0.6 is 0 Å². The van der Waals surface area contributed by atoms with Crippen LogP contribution in [0.1, 0.15) is 44.7 Å². The van der Waals surface area contributed by atoms with Crippen LogP contribution < -0.4 is 10.6 Å². The zero-order valence-electron chi connectivity index (χ0n) is 13.8. The van der Waals surface area contributed by atoms with E-state index in [2.05, 4.69) is 32.7 Å². The van der Waals surface area contributed by atoms with Gasteiger partial charge in [0.1, 0.15) is 0 Å². The van der Waals surface area contributed by atoms with Crippen molar-refractivity contribution in [3.05, 3.63) is 18.0 Å². The fourth-order valence-corrected chi connectivity index (χ4v) is 3.13. The van der Waals surface area contributed by atoms with Gasteiger partial charge in [0.25, 0.3) is 0 Å². The molecule has 1 aromatic heterocycles. The van der Waals surface area contributed by atoms with Gasteiger partial charge in [-0.3, -0.25) is 10.1 Å². The highest BCUT2D eigenvalue weighted by molar-refractivity contribution is 5.79. The monoisotopic (exact) mass is 307 g/mol. The molecule has 124 valence electrons. The first-order chi connectivity index (χ1) is 10.8. The molecule has 0 bridgehead atoms. The predicted molar refractivity (Wildman–Crippen MR) is 88.8 cm³/mol. The van der Waals surface area contributed by atoms with Crippen molar-refractivity contribution in [3.8, 4) is 0 Å². The number of aromatic nitrogens is 2. The van der Waals surface area contributed by atoms with Gasteiger partial charge in [-0.25, -0.2) is 0 Å². The van der Waals surface area contributed by atoms with Crippen molar-refractivity contribution in [3.63, 3.8) is 0 Å². The number of ether oxygens (including phenoxy) is 1. The van der Waals surface area contributed by atoms with Crippen molar-refractivity contribution in [2.24, 2.45) is 10.4 Å². The van der Waals surface area contributed by atoms with E-state index < -0.39 is 0 Å². The molecule has 2 rings (SSSR count). The number of rotatable bonds is 8. The fraction of sp³-hybridized carbons (Fsp3) is 0.750. The van der Waals surface area contributed by atoms with E-state index in [4.69, 9.17) is 4.74 Å². The van der Waals surface area contributed by atoms with Crippen molar-refractivity contribution >= 4 is 5.96 Å². The van der Waals surface area contributed by atoms with Crippen molar-refractivity contribution in [2.75, 3.05) is 26.8 Å². The molecule has 3 N–H and O–H groups in total. The summed E-state index contributed by atoms with van der Waals surface area (Å²) in [5, 5.41) is 13.7. The maximum Gasteiger partial charge on any atom is 0.191 e. The Balaban J connectivity index is 1.79. The number of nitrogens with one attached hydrogen (secondary N) is 3. The number of aromatic amines is 1. The van der Waals surface area contributed by atoms with Crippen LogP contribution in [0.25, 0.3) is 0 Å². The first kappa shape index (κ1) is 16.8. The molecule has 6 heteroatoms. The van der Waals surface area contributed by atoms with E-state index in [0.717, 1.165) is 37.8 Å². The van der Waals surface area contributed by atoms with Crippen LogP contribution in [-0.2, 0) is 11.3 Å². The van der Waals surface area contributed by atoms with E-state index in [-0.39, 0.29) is 0 Å². The number of hydrogen-bond donors (Lipinski definition) is 3. The summed E-state index contributed by atoms with van der Waals surface area (Å²) in [5.74, 6) is 0.845. The summed E-state index contributed by atoms with van der Waals surface area (Å²) in [6.45, 7) is 5.38. The van der Waals surface area contributed by atoms with Crippen LogP contribution in [0, 0.1) is 5.41 Å². The van der Waals surface area contributed by atoms with Crippen LogP contribution in [0.15, 0.2) is 17.3 Å².